The summed E-state index contributed by atoms with van der Waals surface area (Å²) in [5.41, 5.74) is 0.717. The van der Waals surface area contributed by atoms with Gasteiger partial charge in [0.1, 0.15) is 11.4 Å². The fourth-order valence-corrected chi connectivity index (χ4v) is 4.99. The summed E-state index contributed by atoms with van der Waals surface area (Å²) in [6.07, 6.45) is 2.82. The zero-order chi connectivity index (χ0) is 21.4. The second-order valence-electron chi connectivity index (χ2n) is 7.39. The highest BCUT2D eigenvalue weighted by molar-refractivity contribution is 6.30. The van der Waals surface area contributed by atoms with E-state index in [2.05, 4.69) is 23.2 Å². The standard InChI is InChI=1S/C23H17ClN2O2.CH4O/c24-18-12-20-21(26-14-18)22(27)11-10-19(16-4-2-1-3-5-16)23(22,28-20)17-8-6-15(13-25)7-9-17;1-2/h1-9,12,14,19,27H,10-11H2;2H,1H3. The Hall–Kier alpha value is -2.91. The van der Waals surface area contributed by atoms with Crippen LogP contribution in [-0.2, 0) is 11.2 Å². The molecular weight excluding hydrogens is 400 g/mol. The molecule has 3 atom stereocenters. The predicted molar refractivity (Wildman–Crippen MR) is 113 cm³/mol. The molecule has 0 bridgehead atoms. The Kier molecular flexibility index (Phi) is 5.25. The minimum atomic E-state index is -1.28. The molecule has 0 radical (unpaired) electrons. The Balaban J connectivity index is 0.00000106. The zero-order valence-electron chi connectivity index (χ0n) is 16.4. The van der Waals surface area contributed by atoms with E-state index < -0.39 is 11.2 Å². The minimum absolute atomic E-state index is 0.0698. The lowest BCUT2D eigenvalue weighted by Crippen LogP contribution is -2.48. The number of fused-ring (bicyclic) bond motifs is 3. The molecule has 152 valence electrons. The Morgan fingerprint density at radius 1 is 1.13 bits per heavy atom. The van der Waals surface area contributed by atoms with Gasteiger partial charge in [0.05, 0.1) is 16.7 Å². The highest BCUT2D eigenvalue weighted by Crippen LogP contribution is 2.66. The summed E-state index contributed by atoms with van der Waals surface area (Å²) < 4.78 is 6.55. The third-order valence-corrected chi connectivity index (χ3v) is 6.23. The second-order valence-corrected chi connectivity index (χ2v) is 7.83. The Labute approximate surface area is 180 Å². The van der Waals surface area contributed by atoms with Gasteiger partial charge in [0.15, 0.2) is 11.2 Å². The van der Waals surface area contributed by atoms with Gasteiger partial charge in [0.25, 0.3) is 0 Å². The number of rotatable bonds is 2. The van der Waals surface area contributed by atoms with Gasteiger partial charge >= 0.3 is 0 Å². The SMILES string of the molecule is CO.N#Cc1ccc(C23Oc4cc(Cl)cnc4C2(O)CCC3c2ccccc2)cc1. The van der Waals surface area contributed by atoms with Crippen molar-refractivity contribution in [3.05, 3.63) is 94.3 Å². The molecule has 0 spiro atoms. The molecule has 1 aliphatic heterocycles. The maximum Gasteiger partial charge on any atom is 0.175 e. The van der Waals surface area contributed by atoms with E-state index in [1.54, 1.807) is 24.4 Å². The van der Waals surface area contributed by atoms with Gasteiger partial charge in [-0.3, -0.25) is 4.98 Å². The molecule has 0 saturated heterocycles. The largest absolute Gasteiger partial charge is 0.476 e. The number of hydrogen-bond acceptors (Lipinski definition) is 5. The number of aromatic nitrogens is 1. The van der Waals surface area contributed by atoms with Crippen molar-refractivity contribution < 1.29 is 14.9 Å². The molecule has 1 saturated carbocycles. The summed E-state index contributed by atoms with van der Waals surface area (Å²) in [6, 6.07) is 21.2. The number of aliphatic hydroxyl groups excluding tert-OH is 1. The van der Waals surface area contributed by atoms with Gasteiger partial charge in [-0.05, 0) is 36.1 Å². The molecule has 1 fully saturated rings. The molecule has 1 aliphatic carbocycles. The lowest BCUT2D eigenvalue weighted by atomic mass is 9.72. The zero-order valence-corrected chi connectivity index (χ0v) is 17.2. The van der Waals surface area contributed by atoms with Gasteiger partial charge < -0.3 is 14.9 Å². The average Bonchev–Trinajstić information content (AvgIpc) is 3.22. The second kappa shape index (κ2) is 7.73. The van der Waals surface area contributed by atoms with Crippen molar-refractivity contribution in [2.24, 2.45) is 0 Å². The first-order valence-corrected chi connectivity index (χ1v) is 10.0. The van der Waals surface area contributed by atoms with Gasteiger partial charge in [-0.15, -0.1) is 0 Å². The quantitative estimate of drug-likeness (QED) is 0.646. The van der Waals surface area contributed by atoms with Crippen LogP contribution in [0, 0.1) is 11.3 Å². The number of nitrogens with zero attached hydrogens (tertiary/aromatic N) is 2. The monoisotopic (exact) mass is 420 g/mol. The smallest absolute Gasteiger partial charge is 0.175 e. The van der Waals surface area contributed by atoms with Crippen molar-refractivity contribution in [3.8, 4) is 11.8 Å². The molecule has 3 unspecified atom stereocenters. The van der Waals surface area contributed by atoms with Crippen molar-refractivity contribution in [3.63, 3.8) is 0 Å². The lowest BCUT2D eigenvalue weighted by Gasteiger charge is -2.39. The molecule has 5 rings (SSSR count). The first-order valence-electron chi connectivity index (χ1n) is 9.66. The van der Waals surface area contributed by atoms with Crippen LogP contribution in [-0.4, -0.2) is 22.3 Å². The van der Waals surface area contributed by atoms with E-state index in [0.29, 0.717) is 28.5 Å². The van der Waals surface area contributed by atoms with Gasteiger partial charge in [-0.1, -0.05) is 54.1 Å². The number of aliphatic hydroxyl groups is 2. The number of halogens is 1. The first kappa shape index (κ1) is 20.4. The number of nitriles is 1. The number of pyridine rings is 1. The van der Waals surface area contributed by atoms with Crippen molar-refractivity contribution in [1.29, 1.82) is 5.26 Å². The molecule has 3 aromatic rings. The molecule has 30 heavy (non-hydrogen) atoms. The summed E-state index contributed by atoms with van der Waals surface area (Å²) in [5.74, 6) is 0.444. The summed E-state index contributed by atoms with van der Waals surface area (Å²) in [4.78, 5) is 4.45. The maximum atomic E-state index is 11.9. The van der Waals surface area contributed by atoms with E-state index in [-0.39, 0.29) is 5.92 Å². The Morgan fingerprint density at radius 3 is 2.50 bits per heavy atom. The molecule has 5 nitrogen and oxygen atoms in total. The molecule has 2 N–H and O–H groups in total. The number of benzene rings is 2. The molecule has 1 aromatic heterocycles. The number of ether oxygens (including phenoxy) is 1. The van der Waals surface area contributed by atoms with Crippen LogP contribution in [0.15, 0.2) is 66.9 Å². The summed E-state index contributed by atoms with van der Waals surface area (Å²) >= 11 is 6.15. The van der Waals surface area contributed by atoms with Crippen LogP contribution in [0.5, 0.6) is 5.75 Å². The van der Waals surface area contributed by atoms with Crippen molar-refractivity contribution in [2.75, 3.05) is 7.11 Å². The van der Waals surface area contributed by atoms with Gasteiger partial charge in [-0.25, -0.2) is 0 Å². The third kappa shape index (κ3) is 2.80. The van der Waals surface area contributed by atoms with Gasteiger partial charge in [0, 0.05) is 25.3 Å². The van der Waals surface area contributed by atoms with Crippen LogP contribution in [0.1, 0.15) is 41.1 Å². The molecular formula is C24H21ClN2O3. The molecule has 0 amide bonds. The summed E-state index contributed by atoms with van der Waals surface area (Å²) in [5, 5.41) is 28.6. The lowest BCUT2D eigenvalue weighted by molar-refractivity contribution is -0.107. The van der Waals surface area contributed by atoms with Crippen molar-refractivity contribution >= 4 is 11.6 Å². The average molecular weight is 421 g/mol. The summed E-state index contributed by atoms with van der Waals surface area (Å²) in [7, 11) is 1.00. The fraction of sp³-hybridized carbons (Fsp3) is 0.250. The van der Waals surface area contributed by atoms with Crippen molar-refractivity contribution in [2.45, 2.75) is 30.0 Å². The van der Waals surface area contributed by atoms with E-state index in [9.17, 15) is 10.4 Å². The van der Waals surface area contributed by atoms with Crippen LogP contribution < -0.4 is 4.74 Å². The van der Waals surface area contributed by atoms with E-state index in [4.69, 9.17) is 21.4 Å². The van der Waals surface area contributed by atoms with E-state index >= 15 is 0 Å². The van der Waals surface area contributed by atoms with Gasteiger partial charge in [0.2, 0.25) is 0 Å². The third-order valence-electron chi connectivity index (χ3n) is 6.03. The van der Waals surface area contributed by atoms with Crippen LogP contribution >= 0.6 is 11.6 Å². The predicted octanol–water partition coefficient (Wildman–Crippen LogP) is 4.27. The first-order chi connectivity index (χ1) is 14.6. The fourth-order valence-electron chi connectivity index (χ4n) is 4.84. The number of hydrogen-bond donors (Lipinski definition) is 2. The van der Waals surface area contributed by atoms with E-state index in [1.807, 2.05) is 30.3 Å². The highest BCUT2D eigenvalue weighted by Gasteiger charge is 2.69. The van der Waals surface area contributed by atoms with Crippen LogP contribution in [0.2, 0.25) is 5.02 Å². The van der Waals surface area contributed by atoms with Crippen molar-refractivity contribution in [1.82, 2.24) is 4.98 Å². The minimum Gasteiger partial charge on any atom is -0.476 e. The topological polar surface area (TPSA) is 86.4 Å². The van der Waals surface area contributed by atoms with Crippen LogP contribution in [0.3, 0.4) is 0 Å². The molecule has 2 aliphatic rings. The van der Waals surface area contributed by atoms with Crippen LogP contribution in [0.4, 0.5) is 0 Å². The normalized spacial score (nSPS) is 25.9. The highest BCUT2D eigenvalue weighted by atomic mass is 35.5. The summed E-state index contributed by atoms with van der Waals surface area (Å²) in [6.45, 7) is 0. The maximum absolute atomic E-state index is 11.9. The molecule has 2 aromatic carbocycles. The van der Waals surface area contributed by atoms with E-state index in [1.165, 1.54) is 0 Å². The molecule has 2 heterocycles. The Bertz CT molecular complexity index is 1100. The van der Waals surface area contributed by atoms with E-state index in [0.717, 1.165) is 24.7 Å². The Morgan fingerprint density at radius 2 is 1.83 bits per heavy atom. The molecule has 6 heteroatoms. The van der Waals surface area contributed by atoms with Gasteiger partial charge in [-0.2, -0.15) is 5.26 Å². The van der Waals surface area contributed by atoms with Crippen LogP contribution in [0.25, 0.3) is 0 Å².